The molecule has 0 aromatic carbocycles. The molecule has 0 amide bonds. The fourth-order valence-electron chi connectivity index (χ4n) is 1.65. The highest BCUT2D eigenvalue weighted by molar-refractivity contribution is 5.56. The molecule has 1 aliphatic heterocycles. The van der Waals surface area contributed by atoms with Gasteiger partial charge in [-0.1, -0.05) is 0 Å². The third kappa shape index (κ3) is 5.94. The van der Waals surface area contributed by atoms with Crippen LogP contribution in [0.15, 0.2) is 0 Å². The van der Waals surface area contributed by atoms with Crippen LogP contribution in [0.5, 0.6) is 0 Å². The van der Waals surface area contributed by atoms with E-state index in [1.807, 2.05) is 0 Å². The number of aldehydes is 1. The van der Waals surface area contributed by atoms with E-state index >= 15 is 0 Å². The van der Waals surface area contributed by atoms with Crippen molar-refractivity contribution in [1.29, 1.82) is 0 Å². The molecule has 0 aromatic heterocycles. The van der Waals surface area contributed by atoms with Gasteiger partial charge in [0.25, 0.3) is 0 Å². The molecule has 0 radical (unpaired) electrons. The normalized spacial score (nSPS) is 35.2. The largest absolute Gasteiger partial charge is 0.394 e. The monoisotopic (exact) mass is 360 g/mol. The van der Waals surface area contributed by atoms with E-state index in [0.29, 0.717) is 0 Å². The number of hydrogen-bond acceptors (Lipinski definition) is 12. The lowest BCUT2D eigenvalue weighted by Gasteiger charge is -2.40. The Morgan fingerprint density at radius 2 is 1.62 bits per heavy atom. The minimum Gasteiger partial charge on any atom is -0.394 e. The third-order valence-corrected chi connectivity index (χ3v) is 3.33. The van der Waals surface area contributed by atoms with Gasteiger partial charge in [0.1, 0.15) is 42.7 Å². The van der Waals surface area contributed by atoms with Crippen molar-refractivity contribution >= 4 is 6.29 Å². The zero-order chi connectivity index (χ0) is 19.1. The number of ether oxygens (including phenoxy) is 1. The van der Waals surface area contributed by atoms with E-state index < -0.39 is 61.7 Å². The van der Waals surface area contributed by atoms with Gasteiger partial charge in [-0.05, 0) is 0 Å². The van der Waals surface area contributed by atoms with Crippen LogP contribution in [0.3, 0.4) is 0 Å². The Hall–Kier alpha value is -0.770. The highest BCUT2D eigenvalue weighted by atomic mass is 16.7. The van der Waals surface area contributed by atoms with Crippen LogP contribution in [0.1, 0.15) is 0 Å². The Balaban J connectivity index is 0.000000441. The van der Waals surface area contributed by atoms with Crippen molar-refractivity contribution in [2.45, 2.75) is 48.5 Å². The molecule has 12 heteroatoms. The Kier molecular flexibility index (Phi) is 9.94. The van der Waals surface area contributed by atoms with Gasteiger partial charge in [-0.2, -0.15) is 0 Å². The van der Waals surface area contributed by atoms with Crippen molar-refractivity contribution in [3.05, 3.63) is 0 Å². The van der Waals surface area contributed by atoms with Crippen molar-refractivity contribution in [3.63, 3.8) is 0 Å². The molecule has 12 nitrogen and oxygen atoms in total. The van der Waals surface area contributed by atoms with Gasteiger partial charge in [0.15, 0.2) is 6.29 Å². The van der Waals surface area contributed by atoms with E-state index in [4.69, 9.17) is 46.0 Å². The molecule has 0 spiro atoms. The summed E-state index contributed by atoms with van der Waals surface area (Å²) < 4.78 is 4.56. The van der Waals surface area contributed by atoms with Crippen LogP contribution in [0.2, 0.25) is 0 Å². The Morgan fingerprint density at radius 3 is 2.04 bits per heavy atom. The van der Waals surface area contributed by atoms with Crippen LogP contribution >= 0.6 is 0 Å². The van der Waals surface area contributed by atoms with Gasteiger partial charge < -0.3 is 60.6 Å². The maximum Gasteiger partial charge on any atom is 0.218 e. The van der Waals surface area contributed by atoms with Crippen molar-refractivity contribution in [2.24, 2.45) is 0 Å². The molecule has 0 saturated carbocycles. The maximum absolute atomic E-state index is 9.90. The van der Waals surface area contributed by atoms with Gasteiger partial charge in [0, 0.05) is 0 Å². The molecular weight excluding hydrogens is 336 g/mol. The molecule has 144 valence electrons. The first kappa shape index (κ1) is 23.2. The molecule has 0 bridgehead atoms. The molecule has 1 saturated heterocycles. The second kappa shape index (κ2) is 10.3. The standard InChI is InChI=1S/2C6H12O6/c7-2-6(11)5(10)4(9)3(8)1-12-6;7-1-3(9)5(11)6(12)4(10)2-8/h3-5,7-11H,1-2H2;1,3-6,8-12H,2H2/t3-,4-,5+,6+;3-,4+,5-,6-/m10/s1. The van der Waals surface area contributed by atoms with Gasteiger partial charge in [-0.25, -0.2) is 0 Å². The number of aliphatic hydroxyl groups is 10. The highest BCUT2D eigenvalue weighted by Crippen LogP contribution is 2.22. The van der Waals surface area contributed by atoms with Gasteiger partial charge in [-0.3, -0.25) is 0 Å². The van der Waals surface area contributed by atoms with E-state index in [1.54, 1.807) is 0 Å². The quantitative estimate of drug-likeness (QED) is 0.199. The number of carbonyl (C=O) groups excluding carboxylic acids is 1. The van der Waals surface area contributed by atoms with Crippen LogP contribution in [0.4, 0.5) is 0 Å². The summed E-state index contributed by atoms with van der Waals surface area (Å²) in [6.45, 7) is -1.92. The molecule has 1 aliphatic rings. The minimum absolute atomic E-state index is 0.0258. The van der Waals surface area contributed by atoms with E-state index in [-0.39, 0.29) is 12.9 Å². The zero-order valence-electron chi connectivity index (χ0n) is 12.5. The molecule has 1 rings (SSSR count). The van der Waals surface area contributed by atoms with E-state index in [0.717, 1.165) is 0 Å². The van der Waals surface area contributed by atoms with E-state index in [9.17, 15) is 9.90 Å². The highest BCUT2D eigenvalue weighted by Gasteiger charge is 2.47. The van der Waals surface area contributed by atoms with Crippen molar-refractivity contribution < 1.29 is 60.6 Å². The van der Waals surface area contributed by atoms with Crippen LogP contribution in [-0.2, 0) is 9.53 Å². The predicted molar refractivity (Wildman–Crippen MR) is 73.2 cm³/mol. The summed E-state index contributed by atoms with van der Waals surface area (Å²) in [4.78, 5) is 9.90. The molecule has 0 aliphatic carbocycles. The van der Waals surface area contributed by atoms with Crippen molar-refractivity contribution in [2.75, 3.05) is 19.8 Å². The maximum atomic E-state index is 9.90. The second-order valence-electron chi connectivity index (χ2n) is 5.17. The number of rotatable bonds is 6. The van der Waals surface area contributed by atoms with Crippen LogP contribution in [-0.4, -0.2) is 126 Å². The Labute approximate surface area is 136 Å². The molecule has 10 N–H and O–H groups in total. The fourth-order valence-corrected chi connectivity index (χ4v) is 1.65. The summed E-state index contributed by atoms with van der Waals surface area (Å²) in [6.07, 6.45) is -11.3. The van der Waals surface area contributed by atoms with E-state index in [2.05, 4.69) is 4.74 Å². The lowest BCUT2D eigenvalue weighted by molar-refractivity contribution is -0.331. The minimum atomic E-state index is -2.17. The molecule has 1 heterocycles. The average molecular weight is 360 g/mol. The number of hydrogen-bond donors (Lipinski definition) is 10. The first-order valence-corrected chi connectivity index (χ1v) is 6.85. The van der Waals surface area contributed by atoms with Crippen LogP contribution in [0, 0.1) is 0 Å². The smallest absolute Gasteiger partial charge is 0.218 e. The summed E-state index contributed by atoms with van der Waals surface area (Å²) in [5.41, 5.74) is 0. The molecule has 1 fully saturated rings. The van der Waals surface area contributed by atoms with Gasteiger partial charge in [0.2, 0.25) is 5.79 Å². The second-order valence-corrected chi connectivity index (χ2v) is 5.17. The summed E-state index contributed by atoms with van der Waals surface area (Å²) in [7, 11) is 0. The zero-order valence-corrected chi connectivity index (χ0v) is 12.5. The fraction of sp³-hybridized carbons (Fsp3) is 0.917. The lowest BCUT2D eigenvalue weighted by atomic mass is 9.98. The first-order valence-electron chi connectivity index (χ1n) is 6.85. The van der Waals surface area contributed by atoms with Crippen molar-refractivity contribution in [3.8, 4) is 0 Å². The number of carbonyl (C=O) groups is 1. The summed E-state index contributed by atoms with van der Waals surface area (Å²) in [6, 6.07) is 0. The molecule has 0 aromatic rings. The first-order chi connectivity index (χ1) is 11.0. The molecule has 0 unspecified atom stereocenters. The number of aliphatic hydroxyl groups excluding tert-OH is 9. The van der Waals surface area contributed by atoms with Crippen LogP contribution in [0.25, 0.3) is 0 Å². The summed E-state index contributed by atoms with van der Waals surface area (Å²) in [5.74, 6) is -2.17. The third-order valence-electron chi connectivity index (χ3n) is 3.33. The summed E-state index contributed by atoms with van der Waals surface area (Å²) in [5, 5.41) is 88.5. The predicted octanol–water partition coefficient (Wildman–Crippen LogP) is -6.60. The topological polar surface area (TPSA) is 229 Å². The molecule has 24 heavy (non-hydrogen) atoms. The summed E-state index contributed by atoms with van der Waals surface area (Å²) >= 11 is 0. The Morgan fingerprint density at radius 1 is 1.08 bits per heavy atom. The SMILES string of the molecule is O=C[C@H](O)[C@H](O)[C@@H](O)[C@H](O)CO.OC[C@]1(O)OC[C@@H](O)[C@@H](O)[C@@H]1O. The Bertz CT molecular complexity index is 368. The van der Waals surface area contributed by atoms with Crippen molar-refractivity contribution in [1.82, 2.24) is 0 Å². The molecule has 8 atom stereocenters. The van der Waals surface area contributed by atoms with Crippen LogP contribution < -0.4 is 0 Å². The van der Waals surface area contributed by atoms with Gasteiger partial charge in [0.05, 0.1) is 19.8 Å². The van der Waals surface area contributed by atoms with Gasteiger partial charge in [-0.15, -0.1) is 0 Å². The van der Waals surface area contributed by atoms with E-state index in [1.165, 1.54) is 0 Å². The lowest BCUT2D eigenvalue weighted by Crippen LogP contribution is -2.62. The average Bonchev–Trinajstić information content (AvgIpc) is 2.61. The molecular formula is C12H24O12. The van der Waals surface area contributed by atoms with Gasteiger partial charge >= 0.3 is 0 Å².